The van der Waals surface area contributed by atoms with Crippen LogP contribution < -0.4 is 10.9 Å². The summed E-state index contributed by atoms with van der Waals surface area (Å²) in [5, 5.41) is 3.30. The number of benzene rings is 1. The van der Waals surface area contributed by atoms with E-state index in [2.05, 4.69) is 21.1 Å². The van der Waals surface area contributed by atoms with Gasteiger partial charge in [0.15, 0.2) is 9.84 Å². The zero-order valence-electron chi connectivity index (χ0n) is 19.9. The minimum atomic E-state index is -3.48. The molecule has 3 aromatic rings. The van der Waals surface area contributed by atoms with Crippen LogP contribution in [0.3, 0.4) is 0 Å². The van der Waals surface area contributed by atoms with E-state index in [1.165, 1.54) is 6.07 Å². The lowest BCUT2D eigenvalue weighted by Crippen LogP contribution is -2.28. The average molecular weight is 482 g/mol. The zero-order chi connectivity index (χ0) is 24.2. The van der Waals surface area contributed by atoms with E-state index in [-0.39, 0.29) is 28.2 Å². The first kappa shape index (κ1) is 22.9. The Morgan fingerprint density at radius 3 is 2.41 bits per heavy atom. The monoisotopic (exact) mass is 481 g/mol. The number of rotatable bonds is 6. The highest BCUT2D eigenvalue weighted by Gasteiger charge is 2.38. The molecule has 2 aliphatic rings. The number of carbonyl (C=O) groups is 1. The summed E-state index contributed by atoms with van der Waals surface area (Å²) in [5.74, 6) is -0.371. The summed E-state index contributed by atoms with van der Waals surface area (Å²) < 4.78 is 28.5. The number of H-pyrrole nitrogens is 1. The lowest BCUT2D eigenvalue weighted by molar-refractivity contribution is 0.0952. The summed E-state index contributed by atoms with van der Waals surface area (Å²) in [4.78, 5) is 28.8. The van der Waals surface area contributed by atoms with Crippen molar-refractivity contribution in [1.29, 1.82) is 0 Å². The molecule has 7 nitrogen and oxygen atoms in total. The zero-order valence-corrected chi connectivity index (χ0v) is 20.7. The summed E-state index contributed by atoms with van der Waals surface area (Å²) in [5.41, 5.74) is 3.95. The molecule has 0 bridgehead atoms. The highest BCUT2D eigenvalue weighted by molar-refractivity contribution is 7.92. The Balaban J connectivity index is 1.59. The fourth-order valence-electron chi connectivity index (χ4n) is 5.33. The fraction of sp³-hybridized carbons (Fsp3) is 0.462. The number of hydrogen-bond donors (Lipinski definition) is 2. The van der Waals surface area contributed by atoms with Gasteiger partial charge in [-0.1, -0.05) is 12.8 Å². The topological polar surface area (TPSA) is 101 Å². The van der Waals surface area contributed by atoms with Crippen LogP contribution in [-0.2, 0) is 16.4 Å². The van der Waals surface area contributed by atoms with Crippen molar-refractivity contribution in [3.05, 3.63) is 62.7 Å². The van der Waals surface area contributed by atoms with Crippen LogP contribution in [0.4, 0.5) is 0 Å². The highest BCUT2D eigenvalue weighted by atomic mass is 32.2. The normalized spacial score (nSPS) is 16.9. The number of aryl methyl sites for hydroxylation is 3. The Morgan fingerprint density at radius 2 is 1.76 bits per heavy atom. The summed E-state index contributed by atoms with van der Waals surface area (Å²) in [7, 11) is -3.48. The number of nitrogens with one attached hydrogen (secondary N) is 2. The van der Waals surface area contributed by atoms with E-state index in [0.717, 1.165) is 53.4 Å². The Labute approximate surface area is 199 Å². The molecule has 2 fully saturated rings. The second-order valence-corrected chi connectivity index (χ2v) is 12.1. The van der Waals surface area contributed by atoms with Crippen LogP contribution in [0.1, 0.15) is 77.3 Å². The standard InChI is InChI=1S/C26H31N3O4S/c1-15-10-17(3)28-26(31)22(15)13-27-25(30)21-11-20(34(32,33)19-8-9-19)12-23-24(21)16(2)14-29(23)18-6-4-5-7-18/h10-12,14,18-19H,4-9,13H2,1-3H3,(H,27,30)(H,28,31). The molecule has 0 saturated heterocycles. The molecule has 34 heavy (non-hydrogen) atoms. The number of fused-ring (bicyclic) bond motifs is 1. The third kappa shape index (κ3) is 3.98. The molecule has 2 saturated carbocycles. The Bertz CT molecular complexity index is 1460. The molecular weight excluding hydrogens is 450 g/mol. The third-order valence-corrected chi connectivity index (χ3v) is 9.51. The van der Waals surface area contributed by atoms with Crippen LogP contribution in [0.5, 0.6) is 0 Å². The van der Waals surface area contributed by atoms with Crippen LogP contribution in [0.15, 0.2) is 34.1 Å². The van der Waals surface area contributed by atoms with Crippen molar-refractivity contribution in [1.82, 2.24) is 14.9 Å². The maximum absolute atomic E-state index is 13.4. The number of amides is 1. The van der Waals surface area contributed by atoms with Crippen molar-refractivity contribution < 1.29 is 13.2 Å². The Hall–Kier alpha value is -2.87. The Morgan fingerprint density at radius 1 is 1.06 bits per heavy atom. The highest BCUT2D eigenvalue weighted by Crippen LogP contribution is 2.39. The molecule has 8 heteroatoms. The second kappa shape index (κ2) is 8.41. The molecule has 0 aliphatic heterocycles. The van der Waals surface area contributed by atoms with Crippen LogP contribution in [0.2, 0.25) is 0 Å². The quantitative estimate of drug-likeness (QED) is 0.550. The van der Waals surface area contributed by atoms with Crippen LogP contribution >= 0.6 is 0 Å². The van der Waals surface area contributed by atoms with Crippen LogP contribution in [0, 0.1) is 20.8 Å². The smallest absolute Gasteiger partial charge is 0.253 e. The van der Waals surface area contributed by atoms with Crippen molar-refractivity contribution in [3.63, 3.8) is 0 Å². The molecule has 0 spiro atoms. The number of pyridine rings is 1. The summed E-state index contributed by atoms with van der Waals surface area (Å²) in [6, 6.07) is 5.49. The predicted molar refractivity (Wildman–Crippen MR) is 132 cm³/mol. The van der Waals surface area contributed by atoms with Crippen molar-refractivity contribution >= 4 is 26.6 Å². The van der Waals surface area contributed by atoms with E-state index in [9.17, 15) is 18.0 Å². The first-order chi connectivity index (χ1) is 16.2. The van der Waals surface area contributed by atoms with E-state index in [0.29, 0.717) is 30.0 Å². The van der Waals surface area contributed by atoms with Crippen molar-refractivity contribution in [2.45, 2.75) is 82.0 Å². The summed E-state index contributed by atoms with van der Waals surface area (Å²) in [6.07, 6.45) is 7.81. The lowest BCUT2D eigenvalue weighted by atomic mass is 10.1. The van der Waals surface area contributed by atoms with Crippen molar-refractivity contribution in [2.75, 3.05) is 0 Å². The van der Waals surface area contributed by atoms with Gasteiger partial charge in [-0.3, -0.25) is 9.59 Å². The molecule has 2 heterocycles. The average Bonchev–Trinajstić information content (AvgIpc) is 3.41. The van der Waals surface area contributed by atoms with Gasteiger partial charge in [0.1, 0.15) is 0 Å². The number of hydrogen-bond acceptors (Lipinski definition) is 4. The minimum absolute atomic E-state index is 0.0732. The summed E-state index contributed by atoms with van der Waals surface area (Å²) >= 11 is 0. The van der Waals surface area contributed by atoms with E-state index >= 15 is 0 Å². The fourth-order valence-corrected chi connectivity index (χ4v) is 7.03. The second-order valence-electron chi connectivity index (χ2n) is 9.89. The number of carbonyl (C=O) groups excluding carboxylic acids is 1. The molecule has 2 aliphatic carbocycles. The van der Waals surface area contributed by atoms with Gasteiger partial charge in [-0.15, -0.1) is 0 Å². The van der Waals surface area contributed by atoms with E-state index < -0.39 is 9.84 Å². The van der Waals surface area contributed by atoms with Gasteiger partial charge in [-0.05, 0) is 75.8 Å². The predicted octanol–water partition coefficient (Wildman–Crippen LogP) is 4.24. The molecule has 5 rings (SSSR count). The number of aromatic amines is 1. The van der Waals surface area contributed by atoms with Gasteiger partial charge in [-0.25, -0.2) is 8.42 Å². The molecule has 2 N–H and O–H groups in total. The van der Waals surface area contributed by atoms with Crippen molar-refractivity contribution in [3.8, 4) is 0 Å². The number of aromatic nitrogens is 2. The van der Waals surface area contributed by atoms with Gasteiger partial charge in [0.2, 0.25) is 0 Å². The first-order valence-electron chi connectivity index (χ1n) is 12.0. The molecule has 180 valence electrons. The molecular formula is C26H31N3O4S. The molecule has 0 unspecified atom stereocenters. The van der Waals surface area contributed by atoms with Crippen LogP contribution in [-0.4, -0.2) is 29.1 Å². The van der Waals surface area contributed by atoms with Crippen molar-refractivity contribution in [2.24, 2.45) is 0 Å². The van der Waals surface area contributed by atoms with Gasteiger partial charge >= 0.3 is 0 Å². The van der Waals surface area contributed by atoms with Gasteiger partial charge in [0.25, 0.3) is 11.5 Å². The Kier molecular flexibility index (Phi) is 5.67. The molecule has 1 aromatic carbocycles. The van der Waals surface area contributed by atoms with Gasteiger partial charge in [0, 0.05) is 35.4 Å². The van der Waals surface area contributed by atoms with E-state index in [1.54, 1.807) is 6.07 Å². The maximum Gasteiger partial charge on any atom is 0.253 e. The third-order valence-electron chi connectivity index (χ3n) is 7.27. The maximum atomic E-state index is 13.4. The van der Waals surface area contributed by atoms with Gasteiger partial charge in [-0.2, -0.15) is 0 Å². The lowest BCUT2D eigenvalue weighted by Gasteiger charge is -2.16. The van der Waals surface area contributed by atoms with E-state index in [4.69, 9.17) is 0 Å². The van der Waals surface area contributed by atoms with E-state index in [1.807, 2.05) is 26.8 Å². The molecule has 2 aromatic heterocycles. The SMILES string of the molecule is Cc1cc(C)c(CNC(=O)c2cc(S(=O)(=O)C3CC3)cc3c2c(C)cn3C2CCCC2)c(=O)[nH]1. The summed E-state index contributed by atoms with van der Waals surface area (Å²) in [6.45, 7) is 5.70. The minimum Gasteiger partial charge on any atom is -0.348 e. The number of nitrogens with zero attached hydrogens (tertiary/aromatic N) is 1. The van der Waals surface area contributed by atoms with Crippen LogP contribution in [0.25, 0.3) is 10.9 Å². The largest absolute Gasteiger partial charge is 0.348 e. The molecule has 1 amide bonds. The molecule has 0 radical (unpaired) electrons. The number of sulfone groups is 1. The molecule has 0 atom stereocenters. The van der Waals surface area contributed by atoms with Gasteiger partial charge < -0.3 is 14.9 Å². The van der Waals surface area contributed by atoms with Gasteiger partial charge in [0.05, 0.1) is 21.2 Å². The first-order valence-corrected chi connectivity index (χ1v) is 13.6.